The van der Waals surface area contributed by atoms with Crippen LogP contribution in [0.3, 0.4) is 0 Å². The topological polar surface area (TPSA) is 41.6 Å². The van der Waals surface area contributed by atoms with Crippen molar-refractivity contribution >= 4 is 34.2 Å². The number of carbonyl (C=O) groups is 1. The largest absolute Gasteiger partial charge is 0.496 e. The molecule has 1 aliphatic rings. The Hall–Kier alpha value is -0.780. The first-order valence-corrected chi connectivity index (χ1v) is 7.23. The van der Waals surface area contributed by atoms with E-state index in [1.807, 2.05) is 23.1 Å². The molecule has 0 bridgehead atoms. The molecule has 1 atom stereocenters. The van der Waals surface area contributed by atoms with Crippen molar-refractivity contribution in [3.05, 3.63) is 28.2 Å². The third kappa shape index (κ3) is 4.36. The fraction of sp³-hybridized carbons (Fsp3) is 0.500. The van der Waals surface area contributed by atoms with Gasteiger partial charge in [-0.15, -0.1) is 12.4 Å². The van der Waals surface area contributed by atoms with Crippen molar-refractivity contribution in [1.82, 2.24) is 10.2 Å². The number of rotatable bonds is 3. The van der Waals surface area contributed by atoms with Gasteiger partial charge in [0.2, 0.25) is 5.91 Å². The molecule has 4 nitrogen and oxygen atoms in total. The molecule has 0 unspecified atom stereocenters. The van der Waals surface area contributed by atoms with E-state index in [9.17, 15) is 4.79 Å². The monoisotopic (exact) mass is 362 g/mol. The van der Waals surface area contributed by atoms with Crippen LogP contribution in [0.15, 0.2) is 22.7 Å². The Labute approximate surface area is 134 Å². The van der Waals surface area contributed by atoms with Crippen molar-refractivity contribution in [2.24, 2.45) is 0 Å². The molecule has 1 aliphatic heterocycles. The second kappa shape index (κ2) is 7.86. The van der Waals surface area contributed by atoms with Crippen molar-refractivity contribution in [2.45, 2.75) is 19.4 Å². The average Bonchev–Trinajstić information content (AvgIpc) is 2.39. The molecule has 0 spiro atoms. The summed E-state index contributed by atoms with van der Waals surface area (Å²) in [5.41, 5.74) is 1.00. The lowest BCUT2D eigenvalue weighted by atomic mass is 10.1. The van der Waals surface area contributed by atoms with Gasteiger partial charge in [-0.05, 0) is 40.5 Å². The smallest absolute Gasteiger partial charge is 0.227 e. The number of piperazine rings is 1. The Bertz CT molecular complexity index is 470. The molecule has 1 aromatic rings. The molecule has 1 aromatic carbocycles. The molecule has 1 saturated heterocycles. The van der Waals surface area contributed by atoms with Gasteiger partial charge in [0.05, 0.1) is 18.0 Å². The Morgan fingerprint density at radius 3 is 2.90 bits per heavy atom. The average molecular weight is 364 g/mol. The van der Waals surface area contributed by atoms with E-state index in [2.05, 4.69) is 28.2 Å². The molecule has 1 amide bonds. The molecule has 1 fully saturated rings. The summed E-state index contributed by atoms with van der Waals surface area (Å²) < 4.78 is 6.07. The highest BCUT2D eigenvalue weighted by atomic mass is 79.9. The minimum absolute atomic E-state index is 0. The molecule has 6 heteroatoms. The number of halogens is 2. The van der Waals surface area contributed by atoms with Gasteiger partial charge in [0.25, 0.3) is 0 Å². The zero-order valence-corrected chi connectivity index (χ0v) is 14.1. The molecule has 2 rings (SSSR count). The normalized spacial score (nSPS) is 18.4. The van der Waals surface area contributed by atoms with Gasteiger partial charge in [-0.25, -0.2) is 0 Å². The van der Waals surface area contributed by atoms with Crippen molar-refractivity contribution in [1.29, 1.82) is 0 Å². The molecule has 0 radical (unpaired) electrons. The Kier molecular flexibility index (Phi) is 6.79. The number of hydrogen-bond acceptors (Lipinski definition) is 3. The van der Waals surface area contributed by atoms with Crippen LogP contribution in [0.25, 0.3) is 0 Å². The van der Waals surface area contributed by atoms with Crippen LogP contribution in [-0.4, -0.2) is 43.6 Å². The number of carbonyl (C=O) groups excluding carboxylic acids is 1. The SMILES string of the molecule is COc1ccc(CC(=O)N2CCN[C@H](C)C2)cc1Br.Cl. The van der Waals surface area contributed by atoms with E-state index in [4.69, 9.17) is 4.74 Å². The number of hydrogen-bond donors (Lipinski definition) is 1. The lowest BCUT2D eigenvalue weighted by Crippen LogP contribution is -2.51. The first-order valence-electron chi connectivity index (χ1n) is 6.43. The van der Waals surface area contributed by atoms with Crippen LogP contribution in [-0.2, 0) is 11.2 Å². The van der Waals surface area contributed by atoms with E-state index in [-0.39, 0.29) is 18.3 Å². The Balaban J connectivity index is 0.00000200. The summed E-state index contributed by atoms with van der Waals surface area (Å²) in [4.78, 5) is 14.2. The van der Waals surface area contributed by atoms with Crippen molar-refractivity contribution in [2.75, 3.05) is 26.7 Å². The Morgan fingerprint density at radius 2 is 2.30 bits per heavy atom. The fourth-order valence-corrected chi connectivity index (χ4v) is 2.85. The standard InChI is InChI=1S/C14H19BrN2O2.ClH/c1-10-9-17(6-5-16-10)14(18)8-11-3-4-13(19-2)12(15)7-11;/h3-4,7,10,16H,5-6,8-9H2,1-2H3;1H/t10-;/m1./s1. The van der Waals surface area contributed by atoms with Crippen LogP contribution in [0, 0.1) is 0 Å². The minimum Gasteiger partial charge on any atom is -0.496 e. The number of amides is 1. The van der Waals surface area contributed by atoms with Gasteiger partial charge >= 0.3 is 0 Å². The van der Waals surface area contributed by atoms with E-state index >= 15 is 0 Å². The van der Waals surface area contributed by atoms with Crippen LogP contribution in [0.2, 0.25) is 0 Å². The van der Waals surface area contributed by atoms with Crippen LogP contribution < -0.4 is 10.1 Å². The molecule has 0 saturated carbocycles. The summed E-state index contributed by atoms with van der Waals surface area (Å²) in [6.07, 6.45) is 0.440. The van der Waals surface area contributed by atoms with Gasteiger partial charge in [0, 0.05) is 25.7 Å². The fourth-order valence-electron chi connectivity index (χ4n) is 2.27. The molecular formula is C14H20BrClN2O2. The summed E-state index contributed by atoms with van der Waals surface area (Å²) in [5, 5.41) is 3.34. The van der Waals surface area contributed by atoms with Gasteiger partial charge < -0.3 is 15.0 Å². The highest BCUT2D eigenvalue weighted by molar-refractivity contribution is 9.10. The maximum Gasteiger partial charge on any atom is 0.227 e. The molecule has 0 aromatic heterocycles. The molecule has 112 valence electrons. The zero-order valence-electron chi connectivity index (χ0n) is 11.7. The van der Waals surface area contributed by atoms with E-state index in [1.54, 1.807) is 7.11 Å². The second-order valence-electron chi connectivity index (χ2n) is 4.84. The zero-order chi connectivity index (χ0) is 13.8. The van der Waals surface area contributed by atoms with E-state index < -0.39 is 0 Å². The van der Waals surface area contributed by atoms with Crippen LogP contribution >= 0.6 is 28.3 Å². The number of nitrogens with one attached hydrogen (secondary N) is 1. The Morgan fingerprint density at radius 1 is 1.55 bits per heavy atom. The summed E-state index contributed by atoms with van der Waals surface area (Å²) in [5.74, 6) is 0.970. The third-order valence-electron chi connectivity index (χ3n) is 3.29. The predicted octanol–water partition coefficient (Wildman–Crippen LogP) is 2.24. The summed E-state index contributed by atoms with van der Waals surface area (Å²) >= 11 is 3.44. The highest BCUT2D eigenvalue weighted by Crippen LogP contribution is 2.25. The van der Waals surface area contributed by atoms with E-state index in [0.717, 1.165) is 35.4 Å². The summed E-state index contributed by atoms with van der Waals surface area (Å²) in [6, 6.07) is 6.14. The van der Waals surface area contributed by atoms with Crippen molar-refractivity contribution < 1.29 is 9.53 Å². The van der Waals surface area contributed by atoms with Gasteiger partial charge in [-0.1, -0.05) is 6.07 Å². The lowest BCUT2D eigenvalue weighted by molar-refractivity contribution is -0.131. The van der Waals surface area contributed by atoms with Crippen molar-refractivity contribution in [3.63, 3.8) is 0 Å². The molecule has 1 N–H and O–H groups in total. The lowest BCUT2D eigenvalue weighted by Gasteiger charge is -2.32. The number of nitrogens with zero attached hydrogens (tertiary/aromatic N) is 1. The second-order valence-corrected chi connectivity index (χ2v) is 5.69. The van der Waals surface area contributed by atoms with E-state index in [1.165, 1.54) is 0 Å². The summed E-state index contributed by atoms with van der Waals surface area (Å²) in [6.45, 7) is 4.55. The first kappa shape index (κ1) is 17.3. The third-order valence-corrected chi connectivity index (χ3v) is 3.91. The van der Waals surface area contributed by atoms with Crippen LogP contribution in [0.1, 0.15) is 12.5 Å². The highest BCUT2D eigenvalue weighted by Gasteiger charge is 2.20. The number of methoxy groups -OCH3 is 1. The van der Waals surface area contributed by atoms with Gasteiger partial charge in [-0.2, -0.15) is 0 Å². The van der Waals surface area contributed by atoms with Crippen LogP contribution in [0.5, 0.6) is 5.75 Å². The molecule has 1 heterocycles. The minimum atomic E-state index is 0. The first-order chi connectivity index (χ1) is 9.10. The summed E-state index contributed by atoms with van der Waals surface area (Å²) in [7, 11) is 1.63. The molecule has 20 heavy (non-hydrogen) atoms. The van der Waals surface area contributed by atoms with Gasteiger partial charge in [0.1, 0.15) is 5.75 Å². The maximum absolute atomic E-state index is 12.2. The predicted molar refractivity (Wildman–Crippen MR) is 85.7 cm³/mol. The number of benzene rings is 1. The number of ether oxygens (including phenoxy) is 1. The quantitative estimate of drug-likeness (QED) is 0.895. The maximum atomic E-state index is 12.2. The van der Waals surface area contributed by atoms with Crippen LogP contribution in [0.4, 0.5) is 0 Å². The van der Waals surface area contributed by atoms with Gasteiger partial charge in [0.15, 0.2) is 0 Å². The molecule has 0 aliphatic carbocycles. The van der Waals surface area contributed by atoms with Crippen molar-refractivity contribution in [3.8, 4) is 5.75 Å². The molecular weight excluding hydrogens is 344 g/mol. The van der Waals surface area contributed by atoms with Gasteiger partial charge in [-0.3, -0.25) is 4.79 Å². The van der Waals surface area contributed by atoms with E-state index in [0.29, 0.717) is 12.5 Å².